The number of anilines is 1. The third-order valence-electron chi connectivity index (χ3n) is 3.32. The number of nitrogen functional groups attached to an aromatic ring is 1. The molecule has 0 aliphatic carbocycles. The van der Waals surface area contributed by atoms with Crippen LogP contribution >= 0.6 is 0 Å². The van der Waals surface area contributed by atoms with Crippen molar-refractivity contribution >= 4 is 11.7 Å². The number of aliphatic carboxylic acids is 1. The average Bonchev–Trinajstić information content (AvgIpc) is 2.68. The van der Waals surface area contributed by atoms with Crippen LogP contribution in [0, 0.1) is 0 Å². The first-order valence-electron chi connectivity index (χ1n) is 9.27. The van der Waals surface area contributed by atoms with Crippen molar-refractivity contribution in [1.29, 1.82) is 0 Å². The van der Waals surface area contributed by atoms with E-state index in [2.05, 4.69) is 0 Å². The summed E-state index contributed by atoms with van der Waals surface area (Å²) in [6, 6.07) is 7.22. The summed E-state index contributed by atoms with van der Waals surface area (Å²) in [6.45, 7) is 4.84. The highest BCUT2D eigenvalue weighted by atomic mass is 16.6. The zero-order valence-electron chi connectivity index (χ0n) is 16.2. The number of carboxylic acids is 1. The smallest absolute Gasteiger partial charge is 0.305 e. The first-order valence-corrected chi connectivity index (χ1v) is 9.27. The lowest BCUT2D eigenvalue weighted by Crippen LogP contribution is -2.14. The number of nitrogens with two attached hydrogens (primary N) is 1. The van der Waals surface area contributed by atoms with Crippen molar-refractivity contribution in [3.05, 3.63) is 24.3 Å². The van der Waals surface area contributed by atoms with E-state index in [9.17, 15) is 4.79 Å². The van der Waals surface area contributed by atoms with E-state index < -0.39 is 5.97 Å². The largest absolute Gasteiger partial charge is 0.491 e. The molecule has 9 heteroatoms. The lowest BCUT2D eigenvalue weighted by Gasteiger charge is -2.08. The lowest BCUT2D eigenvalue weighted by molar-refractivity contribution is -0.138. The maximum Gasteiger partial charge on any atom is 0.305 e. The van der Waals surface area contributed by atoms with Gasteiger partial charge >= 0.3 is 5.97 Å². The van der Waals surface area contributed by atoms with Gasteiger partial charge in [-0.25, -0.2) is 0 Å². The van der Waals surface area contributed by atoms with Crippen LogP contribution in [0.5, 0.6) is 5.75 Å². The zero-order valence-corrected chi connectivity index (χ0v) is 16.2. The molecule has 0 saturated carbocycles. The van der Waals surface area contributed by atoms with Crippen LogP contribution < -0.4 is 10.5 Å². The normalized spacial score (nSPS) is 10.9. The van der Waals surface area contributed by atoms with Crippen LogP contribution in [0.3, 0.4) is 0 Å². The van der Waals surface area contributed by atoms with Crippen LogP contribution in [-0.2, 0) is 28.5 Å². The van der Waals surface area contributed by atoms with Gasteiger partial charge in [0, 0.05) is 5.69 Å². The van der Waals surface area contributed by atoms with Crippen molar-refractivity contribution in [2.24, 2.45) is 0 Å². The fourth-order valence-corrected chi connectivity index (χ4v) is 1.92. The molecule has 0 fully saturated rings. The highest BCUT2D eigenvalue weighted by Gasteiger charge is 1.97. The van der Waals surface area contributed by atoms with Crippen LogP contribution in [0.25, 0.3) is 0 Å². The highest BCUT2D eigenvalue weighted by molar-refractivity contribution is 5.66. The first-order chi connectivity index (χ1) is 13.7. The Morgan fingerprint density at radius 3 is 1.50 bits per heavy atom. The molecule has 0 radical (unpaired) electrons. The number of carbonyl (C=O) groups is 1. The van der Waals surface area contributed by atoms with Crippen LogP contribution in [0.15, 0.2) is 24.3 Å². The molecule has 0 heterocycles. The molecule has 28 heavy (non-hydrogen) atoms. The number of hydrogen-bond donors (Lipinski definition) is 2. The van der Waals surface area contributed by atoms with Crippen molar-refractivity contribution in [2.75, 3.05) is 78.4 Å². The molecule has 0 unspecified atom stereocenters. The molecule has 0 aliphatic rings. The second-order valence-electron chi connectivity index (χ2n) is 5.62. The van der Waals surface area contributed by atoms with Crippen molar-refractivity contribution in [1.82, 2.24) is 0 Å². The maximum atomic E-state index is 10.3. The van der Waals surface area contributed by atoms with Gasteiger partial charge in [0.25, 0.3) is 0 Å². The number of benzene rings is 1. The molecular weight excluding hydrogens is 370 g/mol. The molecule has 0 bridgehead atoms. The monoisotopic (exact) mass is 401 g/mol. The molecule has 1 rings (SSSR count). The van der Waals surface area contributed by atoms with Gasteiger partial charge in [0.1, 0.15) is 12.4 Å². The van der Waals surface area contributed by atoms with E-state index in [4.69, 9.17) is 39.3 Å². The summed E-state index contributed by atoms with van der Waals surface area (Å²) in [4.78, 5) is 10.3. The van der Waals surface area contributed by atoms with E-state index in [-0.39, 0.29) is 13.0 Å². The summed E-state index contributed by atoms with van der Waals surface area (Å²) in [5, 5.41) is 8.43. The Bertz CT molecular complexity index is 497. The van der Waals surface area contributed by atoms with Crippen LogP contribution in [-0.4, -0.2) is 83.8 Å². The van der Waals surface area contributed by atoms with Gasteiger partial charge in [-0.2, -0.15) is 0 Å². The highest BCUT2D eigenvalue weighted by Crippen LogP contribution is 2.12. The number of ether oxygens (including phenoxy) is 6. The van der Waals surface area contributed by atoms with E-state index >= 15 is 0 Å². The van der Waals surface area contributed by atoms with Crippen molar-refractivity contribution in [3.63, 3.8) is 0 Å². The maximum absolute atomic E-state index is 10.3. The van der Waals surface area contributed by atoms with Crippen molar-refractivity contribution < 1.29 is 38.3 Å². The number of hydrogen-bond acceptors (Lipinski definition) is 8. The molecule has 0 atom stereocenters. The lowest BCUT2D eigenvalue weighted by atomic mass is 10.3. The molecule has 0 spiro atoms. The molecule has 0 aromatic heterocycles. The van der Waals surface area contributed by atoms with Crippen LogP contribution in [0.1, 0.15) is 6.42 Å². The molecule has 160 valence electrons. The van der Waals surface area contributed by atoms with Gasteiger partial charge in [-0.05, 0) is 24.3 Å². The zero-order chi connectivity index (χ0) is 20.3. The SMILES string of the molecule is Nc1ccc(OCCOCCOCCOCCOCCOCCC(=O)O)cc1. The Balaban J connectivity index is 1.72. The summed E-state index contributed by atoms with van der Waals surface area (Å²) < 4.78 is 32.0. The average molecular weight is 401 g/mol. The Morgan fingerprint density at radius 2 is 1.07 bits per heavy atom. The minimum atomic E-state index is -0.869. The fourth-order valence-electron chi connectivity index (χ4n) is 1.92. The van der Waals surface area contributed by atoms with Gasteiger partial charge < -0.3 is 39.3 Å². The number of rotatable bonds is 19. The van der Waals surface area contributed by atoms with E-state index in [0.717, 1.165) is 5.75 Å². The second kappa shape index (κ2) is 17.2. The fraction of sp³-hybridized carbons (Fsp3) is 0.632. The Kier molecular flexibility index (Phi) is 14.8. The topological polar surface area (TPSA) is 119 Å². The first kappa shape index (κ1) is 24.1. The Hall–Kier alpha value is -1.91. The predicted octanol–water partition coefficient (Wildman–Crippen LogP) is 1.21. The van der Waals surface area contributed by atoms with Gasteiger partial charge in [-0.3, -0.25) is 4.79 Å². The van der Waals surface area contributed by atoms with Gasteiger partial charge in [-0.1, -0.05) is 0 Å². The van der Waals surface area contributed by atoms with Crippen molar-refractivity contribution in [3.8, 4) is 5.75 Å². The second-order valence-corrected chi connectivity index (χ2v) is 5.62. The molecule has 1 aromatic rings. The molecule has 9 nitrogen and oxygen atoms in total. The summed E-state index contributed by atoms with van der Waals surface area (Å²) in [5.74, 6) is -0.104. The summed E-state index contributed by atoms with van der Waals surface area (Å²) in [7, 11) is 0. The molecule has 3 N–H and O–H groups in total. The predicted molar refractivity (Wildman–Crippen MR) is 103 cm³/mol. The van der Waals surface area contributed by atoms with E-state index in [1.165, 1.54) is 0 Å². The number of carboxylic acid groups (broad SMARTS) is 1. The Labute approximate surface area is 165 Å². The quantitative estimate of drug-likeness (QED) is 0.260. The van der Waals surface area contributed by atoms with E-state index in [1.54, 1.807) is 12.1 Å². The molecule has 1 aromatic carbocycles. The van der Waals surface area contributed by atoms with Gasteiger partial charge in [0.15, 0.2) is 0 Å². The van der Waals surface area contributed by atoms with Gasteiger partial charge in [0.2, 0.25) is 0 Å². The third-order valence-corrected chi connectivity index (χ3v) is 3.32. The summed E-state index contributed by atoms with van der Waals surface area (Å²) >= 11 is 0. The van der Waals surface area contributed by atoms with Crippen LogP contribution in [0.2, 0.25) is 0 Å². The molecule has 0 saturated heterocycles. The molecule has 0 aliphatic heterocycles. The van der Waals surface area contributed by atoms with Gasteiger partial charge in [0.05, 0.1) is 72.5 Å². The summed E-state index contributed by atoms with van der Waals surface area (Å²) in [6.07, 6.45) is 0.00550. The standard InChI is InChI=1S/C19H31NO8/c20-17-1-3-18(4-2-17)28-16-15-27-14-13-26-12-11-25-10-9-24-8-7-23-6-5-19(21)22/h1-4H,5-16,20H2,(H,21,22). The van der Waals surface area contributed by atoms with E-state index in [1.807, 2.05) is 12.1 Å². The Morgan fingerprint density at radius 1 is 0.679 bits per heavy atom. The molecule has 0 amide bonds. The van der Waals surface area contributed by atoms with Crippen LogP contribution in [0.4, 0.5) is 5.69 Å². The van der Waals surface area contributed by atoms with Gasteiger partial charge in [-0.15, -0.1) is 0 Å². The van der Waals surface area contributed by atoms with E-state index in [0.29, 0.717) is 71.8 Å². The summed E-state index contributed by atoms with van der Waals surface area (Å²) in [5.41, 5.74) is 6.31. The minimum absolute atomic E-state index is 0.00550. The minimum Gasteiger partial charge on any atom is -0.491 e. The van der Waals surface area contributed by atoms with Crippen molar-refractivity contribution in [2.45, 2.75) is 6.42 Å². The third kappa shape index (κ3) is 15.2. The molecular formula is C19H31NO8.